The zero-order chi connectivity index (χ0) is 15.5. The molecular formula is C18H32N2O. The van der Waals surface area contributed by atoms with Crippen molar-refractivity contribution in [3.05, 3.63) is 35.4 Å². The lowest BCUT2D eigenvalue weighted by Crippen LogP contribution is -2.45. The molecule has 0 aliphatic carbocycles. The zero-order valence-electron chi connectivity index (χ0n) is 14.3. The van der Waals surface area contributed by atoms with Gasteiger partial charge in [0.05, 0.1) is 6.61 Å². The second-order valence-electron chi connectivity index (χ2n) is 5.16. The van der Waals surface area contributed by atoms with E-state index < -0.39 is 0 Å². The van der Waals surface area contributed by atoms with E-state index in [1.54, 1.807) is 0 Å². The summed E-state index contributed by atoms with van der Waals surface area (Å²) in [5.74, 6) is 0. The van der Waals surface area contributed by atoms with Crippen molar-refractivity contribution in [2.75, 3.05) is 39.3 Å². The smallest absolute Gasteiger partial charge is 0.0716 e. The molecule has 1 aliphatic heterocycles. The fourth-order valence-electron chi connectivity index (χ4n) is 2.48. The highest BCUT2D eigenvalue weighted by atomic mass is 16.5. The van der Waals surface area contributed by atoms with Gasteiger partial charge in [-0.15, -0.1) is 0 Å². The molecular weight excluding hydrogens is 260 g/mol. The van der Waals surface area contributed by atoms with Crippen molar-refractivity contribution in [3.63, 3.8) is 0 Å². The highest BCUT2D eigenvalue weighted by molar-refractivity contribution is 5.22. The quantitative estimate of drug-likeness (QED) is 0.799. The van der Waals surface area contributed by atoms with Gasteiger partial charge in [-0.1, -0.05) is 45.0 Å². The first kappa shape index (κ1) is 18.1. The van der Waals surface area contributed by atoms with Crippen LogP contribution in [0, 0.1) is 0 Å². The van der Waals surface area contributed by atoms with E-state index in [1.165, 1.54) is 43.9 Å². The normalized spacial score (nSPS) is 16.4. The lowest BCUT2D eigenvalue weighted by atomic mass is 10.1. The van der Waals surface area contributed by atoms with Crippen molar-refractivity contribution in [2.24, 2.45) is 0 Å². The minimum absolute atomic E-state index is 0.728. The topological polar surface area (TPSA) is 15.7 Å². The van der Waals surface area contributed by atoms with E-state index in [0.29, 0.717) is 0 Å². The summed E-state index contributed by atoms with van der Waals surface area (Å²) in [6.07, 6.45) is 0. The molecule has 0 saturated carbocycles. The largest absolute Gasteiger partial charge is 0.377 e. The summed E-state index contributed by atoms with van der Waals surface area (Å²) in [5, 5.41) is 0. The fraction of sp³-hybridized carbons (Fsp3) is 0.667. The van der Waals surface area contributed by atoms with Crippen LogP contribution in [0.15, 0.2) is 24.3 Å². The summed E-state index contributed by atoms with van der Waals surface area (Å²) in [6.45, 7) is 16.8. The Labute approximate surface area is 130 Å². The molecule has 0 unspecified atom stereocenters. The van der Waals surface area contributed by atoms with Gasteiger partial charge >= 0.3 is 0 Å². The van der Waals surface area contributed by atoms with Crippen LogP contribution < -0.4 is 0 Å². The lowest BCUT2D eigenvalue weighted by Gasteiger charge is -2.34. The zero-order valence-corrected chi connectivity index (χ0v) is 14.3. The van der Waals surface area contributed by atoms with E-state index in [2.05, 4.69) is 41.0 Å². The van der Waals surface area contributed by atoms with Crippen molar-refractivity contribution in [1.82, 2.24) is 9.80 Å². The molecule has 0 radical (unpaired) electrons. The molecule has 1 heterocycles. The van der Waals surface area contributed by atoms with Gasteiger partial charge in [-0.05, 0) is 24.6 Å². The van der Waals surface area contributed by atoms with Crippen LogP contribution in [0.2, 0.25) is 0 Å². The SMILES string of the molecule is CC.CCOCc1ccc(CN2CCN(CC)CC2)cc1. The number of rotatable bonds is 6. The second-order valence-corrected chi connectivity index (χ2v) is 5.16. The number of piperazine rings is 1. The predicted octanol–water partition coefficient (Wildman–Crippen LogP) is 3.39. The van der Waals surface area contributed by atoms with Crippen molar-refractivity contribution in [1.29, 1.82) is 0 Å². The number of likely N-dealkylation sites (N-methyl/N-ethyl adjacent to an activating group) is 1. The molecule has 1 aromatic carbocycles. The highest BCUT2D eigenvalue weighted by Crippen LogP contribution is 2.10. The van der Waals surface area contributed by atoms with Gasteiger partial charge in [-0.3, -0.25) is 4.90 Å². The Morgan fingerprint density at radius 2 is 1.38 bits per heavy atom. The number of nitrogens with zero attached hydrogens (tertiary/aromatic N) is 2. The Balaban J connectivity index is 0.00000106. The van der Waals surface area contributed by atoms with Crippen LogP contribution in [-0.2, 0) is 17.9 Å². The van der Waals surface area contributed by atoms with Crippen LogP contribution in [0.3, 0.4) is 0 Å². The number of ether oxygens (including phenoxy) is 1. The van der Waals surface area contributed by atoms with Gasteiger partial charge in [0.25, 0.3) is 0 Å². The molecule has 0 N–H and O–H groups in total. The Hall–Kier alpha value is -0.900. The van der Waals surface area contributed by atoms with E-state index in [4.69, 9.17) is 4.74 Å². The van der Waals surface area contributed by atoms with Crippen molar-refractivity contribution < 1.29 is 4.74 Å². The van der Waals surface area contributed by atoms with Crippen molar-refractivity contribution in [3.8, 4) is 0 Å². The molecule has 3 heteroatoms. The van der Waals surface area contributed by atoms with Gasteiger partial charge in [0.2, 0.25) is 0 Å². The third-order valence-electron chi connectivity index (χ3n) is 3.81. The molecule has 2 rings (SSSR count). The summed E-state index contributed by atoms with van der Waals surface area (Å²) in [5.41, 5.74) is 2.67. The average Bonchev–Trinajstić information content (AvgIpc) is 2.57. The molecule has 0 aromatic heterocycles. The van der Waals surface area contributed by atoms with E-state index in [-0.39, 0.29) is 0 Å². The molecule has 0 bridgehead atoms. The van der Waals surface area contributed by atoms with Gasteiger partial charge in [0.15, 0.2) is 0 Å². The molecule has 120 valence electrons. The molecule has 0 spiro atoms. The van der Waals surface area contributed by atoms with E-state index in [9.17, 15) is 0 Å². The summed E-state index contributed by atoms with van der Waals surface area (Å²) in [7, 11) is 0. The second kappa shape index (κ2) is 10.8. The lowest BCUT2D eigenvalue weighted by molar-refractivity contribution is 0.131. The first-order valence-corrected chi connectivity index (χ1v) is 8.42. The minimum atomic E-state index is 0.728. The summed E-state index contributed by atoms with van der Waals surface area (Å²) >= 11 is 0. The molecule has 1 aliphatic rings. The minimum Gasteiger partial charge on any atom is -0.377 e. The first-order chi connectivity index (χ1) is 10.3. The fourth-order valence-corrected chi connectivity index (χ4v) is 2.48. The monoisotopic (exact) mass is 292 g/mol. The standard InChI is InChI=1S/C16H26N2O.C2H6/c1-3-17-9-11-18(12-10-17)13-15-5-7-16(8-6-15)14-19-4-2;1-2/h5-8H,3-4,9-14H2,1-2H3;1-2H3. The van der Waals surface area contributed by atoms with Crippen molar-refractivity contribution in [2.45, 2.75) is 40.8 Å². The van der Waals surface area contributed by atoms with Crippen molar-refractivity contribution >= 4 is 0 Å². The van der Waals surface area contributed by atoms with Crippen LogP contribution in [0.1, 0.15) is 38.8 Å². The number of hydrogen-bond donors (Lipinski definition) is 0. The first-order valence-electron chi connectivity index (χ1n) is 8.42. The molecule has 21 heavy (non-hydrogen) atoms. The van der Waals surface area contributed by atoms with Gasteiger partial charge in [-0.2, -0.15) is 0 Å². The van der Waals surface area contributed by atoms with E-state index in [0.717, 1.165) is 19.8 Å². The van der Waals surface area contributed by atoms with E-state index in [1.807, 2.05) is 20.8 Å². The molecule has 0 atom stereocenters. The molecule has 1 fully saturated rings. The maximum Gasteiger partial charge on any atom is 0.0716 e. The van der Waals surface area contributed by atoms with Gasteiger partial charge < -0.3 is 9.64 Å². The Morgan fingerprint density at radius 3 is 1.90 bits per heavy atom. The summed E-state index contributed by atoms with van der Waals surface area (Å²) < 4.78 is 5.42. The summed E-state index contributed by atoms with van der Waals surface area (Å²) in [4.78, 5) is 5.06. The Morgan fingerprint density at radius 1 is 0.857 bits per heavy atom. The molecule has 0 amide bonds. The van der Waals surface area contributed by atoms with Crippen LogP contribution in [0.4, 0.5) is 0 Å². The highest BCUT2D eigenvalue weighted by Gasteiger charge is 2.15. The third-order valence-corrected chi connectivity index (χ3v) is 3.81. The third kappa shape index (κ3) is 6.60. The molecule has 1 saturated heterocycles. The van der Waals surface area contributed by atoms with Crippen LogP contribution >= 0.6 is 0 Å². The van der Waals surface area contributed by atoms with E-state index >= 15 is 0 Å². The summed E-state index contributed by atoms with van der Waals surface area (Å²) in [6, 6.07) is 8.85. The Bertz CT molecular complexity index is 356. The van der Waals surface area contributed by atoms with Gasteiger partial charge in [0, 0.05) is 39.3 Å². The Kier molecular flexibility index (Phi) is 9.31. The maximum atomic E-state index is 5.42. The maximum absolute atomic E-state index is 5.42. The van der Waals surface area contributed by atoms with Gasteiger partial charge in [0.1, 0.15) is 0 Å². The van der Waals surface area contributed by atoms with Crippen LogP contribution in [0.5, 0.6) is 0 Å². The number of benzene rings is 1. The van der Waals surface area contributed by atoms with Crippen LogP contribution in [0.25, 0.3) is 0 Å². The number of hydrogen-bond acceptors (Lipinski definition) is 3. The predicted molar refractivity (Wildman–Crippen MR) is 90.5 cm³/mol. The average molecular weight is 292 g/mol. The van der Waals surface area contributed by atoms with Gasteiger partial charge in [-0.25, -0.2) is 0 Å². The van der Waals surface area contributed by atoms with Crippen LogP contribution in [-0.4, -0.2) is 49.1 Å². The molecule has 3 nitrogen and oxygen atoms in total. The molecule has 1 aromatic rings.